The van der Waals surface area contributed by atoms with Crippen molar-refractivity contribution in [1.82, 2.24) is 94.4 Å². The van der Waals surface area contributed by atoms with Crippen LogP contribution in [-0.4, -0.2) is 344 Å². The molecule has 5 amide bonds. The maximum Gasteiger partial charge on any atom is 0.410 e. The number of halogens is 3. The maximum atomic E-state index is 15.2. The number of piperazine rings is 2. The standard InChI is InChI=1S/C34H44FN9O5.C29H36FN9O3.C13H19N3O5.C13H21N3O3.C5H3ClN2O2.C4H10O/c1-34(2,3)49-33(46)43(5)16-17-48-28-11-10-22(18-36-28)39-32-38-20-25(35)29(41-32)24-19-37-30-23(24)8-7-9-26(30)40-31(45)27(21-47-6)44-14-12-42(4)13-15-44;1-31-9-14-42-25-8-7-19(15-32-25)35-29-34-17-22(30)26(37-29)21-16-33-27-20(21)5-4-6-23(27)36-28(40)24(18-41-3)39-12-10-38(2)11-13-39;1-13(2,3)21-12(17)15(4)7-8-20-11-6-5-10(9-14-11)16(18)19;1-13(2,3)19-12(17)16(4)7-8-18-11-6-5-10(14)9-15-11;6-5-2-1-4(3-7-5)8(9)10;1-2-3-4-5/h7-11,18-20,27,37H,12-17,21H2,1-6H3,(H,40,45)(H,38,39,41);4-8,15-17,24,31,33H,9-14,18H2,1-3H3,(H,36,40)(H,34,35,37);5-6,9H,7-8H2,1-4H3;5-6,9H,7-8,14H2,1-4H3;1-3H;5H,2-4H2,1H3/t27-;24-;;;;/m11..../s1. The number of nitrogens with zero attached hydrogens (tertiary/aromatic N) is 18. The lowest BCUT2D eigenvalue weighted by atomic mass is 10.1. The lowest BCUT2D eigenvalue weighted by Gasteiger charge is -2.36. The summed E-state index contributed by atoms with van der Waals surface area (Å²) in [5.74, 6) is 0.476. The smallest absolute Gasteiger partial charge is 0.410 e. The number of carbonyl (C=O) groups excluding carboxylic acids is 5. The van der Waals surface area contributed by atoms with Crippen LogP contribution in [0.3, 0.4) is 0 Å². The Morgan fingerprint density at radius 1 is 0.514 bits per heavy atom. The molecule has 2 aromatic carbocycles. The third kappa shape index (κ3) is 39.2. The minimum atomic E-state index is -0.602. The average Bonchev–Trinajstić information content (AvgIpc) is 1.63. The highest BCUT2D eigenvalue weighted by Crippen LogP contribution is 2.37. The first-order chi connectivity index (χ1) is 69.4. The van der Waals surface area contributed by atoms with Crippen LogP contribution >= 0.6 is 11.6 Å². The molecule has 0 spiro atoms. The Labute approximate surface area is 851 Å². The number of nitro groups is 2. The van der Waals surface area contributed by atoms with Crippen LogP contribution in [0.25, 0.3) is 44.3 Å². The fourth-order valence-electron chi connectivity index (χ4n) is 13.3. The van der Waals surface area contributed by atoms with Crippen LogP contribution in [0.15, 0.2) is 153 Å². The molecule has 2 saturated heterocycles. The number of methoxy groups -OCH3 is 2. The van der Waals surface area contributed by atoms with E-state index in [2.05, 4.69) is 122 Å². The summed E-state index contributed by atoms with van der Waals surface area (Å²) in [6.45, 7) is 28.8. The molecule has 0 aliphatic carbocycles. The van der Waals surface area contributed by atoms with E-state index < -0.39 is 62.6 Å². The summed E-state index contributed by atoms with van der Waals surface area (Å²) < 4.78 is 78.7. The largest absolute Gasteiger partial charge is 0.476 e. The molecule has 0 bridgehead atoms. The van der Waals surface area contributed by atoms with Gasteiger partial charge in [0.2, 0.25) is 47.2 Å². The molecule has 10 N–H and O–H groups in total. The summed E-state index contributed by atoms with van der Waals surface area (Å²) in [4.78, 5) is 138. The number of hydrogen-bond acceptors (Lipinski definition) is 36. The van der Waals surface area contributed by atoms with E-state index in [0.29, 0.717) is 125 Å². The highest BCUT2D eigenvalue weighted by molar-refractivity contribution is 6.29. The van der Waals surface area contributed by atoms with Crippen molar-refractivity contribution in [3.63, 3.8) is 0 Å². The summed E-state index contributed by atoms with van der Waals surface area (Å²) in [6, 6.07) is 25.8. The Morgan fingerprint density at radius 2 is 0.884 bits per heavy atom. The number of aromatic nitrogens is 11. The summed E-state index contributed by atoms with van der Waals surface area (Å²) in [6.07, 6.45) is 13.3. The third-order valence-corrected chi connectivity index (χ3v) is 21.2. The van der Waals surface area contributed by atoms with Crippen molar-refractivity contribution in [2.45, 2.75) is 111 Å². The average molecular weight is 2050 g/mol. The van der Waals surface area contributed by atoms with Gasteiger partial charge < -0.3 is 115 Å². The number of pyridine rings is 5. The number of benzene rings is 2. The second kappa shape index (κ2) is 57.8. The molecule has 11 aromatic rings. The van der Waals surface area contributed by atoms with Crippen LogP contribution in [0.2, 0.25) is 5.15 Å². The molecule has 13 rings (SSSR count). The molecular weight excluding hydrogens is 1920 g/mol. The second-order valence-electron chi connectivity index (χ2n) is 36.2. The molecule has 0 unspecified atom stereocenters. The second-order valence-corrected chi connectivity index (χ2v) is 36.6. The Balaban J connectivity index is 0.000000239. The molecule has 2 aliphatic heterocycles. The summed E-state index contributed by atoms with van der Waals surface area (Å²) >= 11 is 5.38. The molecule has 146 heavy (non-hydrogen) atoms. The molecule has 45 nitrogen and oxygen atoms in total. The van der Waals surface area contributed by atoms with Crippen LogP contribution in [0.1, 0.15) is 82.1 Å². The fourth-order valence-corrected chi connectivity index (χ4v) is 13.4. The Hall–Kier alpha value is -14.6. The van der Waals surface area contributed by atoms with Crippen LogP contribution in [0, 0.1) is 31.9 Å². The molecule has 0 saturated carbocycles. The number of hydrogen-bond donors (Lipinski definition) is 9. The van der Waals surface area contributed by atoms with Gasteiger partial charge in [-0.1, -0.05) is 49.2 Å². The van der Waals surface area contributed by atoms with Gasteiger partial charge in [0.1, 0.15) is 84.2 Å². The Morgan fingerprint density at radius 3 is 1.20 bits per heavy atom. The number of fused-ring (bicyclic) bond motifs is 2. The van der Waals surface area contributed by atoms with Crippen molar-refractivity contribution in [3.8, 4) is 46.0 Å². The number of unbranched alkanes of at least 4 members (excludes halogenated alkanes) is 1. The van der Waals surface area contributed by atoms with Gasteiger partial charge in [0.15, 0.2) is 11.6 Å². The fraction of sp³-hybridized carbons (Fsp3) is 0.449. The van der Waals surface area contributed by atoms with Crippen LogP contribution in [0.5, 0.6) is 23.5 Å². The number of nitrogens with one attached hydrogen (secondary N) is 7. The lowest BCUT2D eigenvalue weighted by molar-refractivity contribution is -0.385. The zero-order valence-electron chi connectivity index (χ0n) is 85.5. The van der Waals surface area contributed by atoms with E-state index in [9.17, 15) is 44.2 Å². The molecule has 11 heterocycles. The summed E-state index contributed by atoms with van der Waals surface area (Å²) in [5, 5.41) is 45.5. The predicted molar refractivity (Wildman–Crippen MR) is 550 cm³/mol. The predicted octanol–water partition coefficient (Wildman–Crippen LogP) is 13.6. The quantitative estimate of drug-likeness (QED) is 0.00579. The van der Waals surface area contributed by atoms with Crippen LogP contribution in [0.4, 0.5) is 74.9 Å². The third-order valence-electron chi connectivity index (χ3n) is 21.0. The molecular formula is C98H133ClF2N26O19. The van der Waals surface area contributed by atoms with E-state index in [-0.39, 0.29) is 90.0 Å². The van der Waals surface area contributed by atoms with Gasteiger partial charge in [0, 0.05) is 172 Å². The van der Waals surface area contributed by atoms with E-state index in [4.69, 9.17) is 65.1 Å². The van der Waals surface area contributed by atoms with Crippen molar-refractivity contribution in [2.75, 3.05) is 208 Å². The first kappa shape index (κ1) is 117. The van der Waals surface area contributed by atoms with Crippen molar-refractivity contribution >= 4 is 115 Å². The van der Waals surface area contributed by atoms with Gasteiger partial charge in [-0.05, 0) is 126 Å². The minimum absolute atomic E-state index is 0.0515. The molecule has 9 aromatic heterocycles. The SMILES string of the molecule is CCCCO.CN(CCOc1ccc(N)cn1)C(=O)OC(C)(C)C.CN(CCOc1ccc([N+](=O)[O-])cn1)C(=O)OC(C)(C)C.CNCCOc1ccc(Nc2ncc(F)c(-c3c[nH]c4c(NC(=O)[C@@H](COC)N5CCN(C)CC5)cccc34)n2)cn1.COC[C@H](C(=O)Nc1cccc2c(-c3nc(Nc4ccc(OCCN(C)C(=O)OC(C)(C)C)nc4)ncc3F)c[nH]c12)N1CCN(C)CC1.O=[N+]([O-])c1ccc(Cl)nc1. The van der Waals surface area contributed by atoms with Gasteiger partial charge in [-0.15, -0.1) is 0 Å². The normalized spacial score (nSPS) is 13.2. The zero-order chi connectivity index (χ0) is 107. The number of anilines is 7. The molecule has 2 fully saturated rings. The molecule has 790 valence electrons. The van der Waals surface area contributed by atoms with Gasteiger partial charge in [0.05, 0.1) is 113 Å². The first-order valence-corrected chi connectivity index (χ1v) is 47.2. The molecule has 0 radical (unpaired) electrons. The number of carbonyl (C=O) groups is 5. The van der Waals surface area contributed by atoms with Crippen molar-refractivity contribution < 1.29 is 90.3 Å². The highest BCUT2D eigenvalue weighted by atomic mass is 35.5. The Bertz CT molecular complexity index is 5930. The van der Waals surface area contributed by atoms with Gasteiger partial charge >= 0.3 is 18.3 Å². The number of aliphatic hydroxyl groups is 1. The minimum Gasteiger partial charge on any atom is -0.476 e. The van der Waals surface area contributed by atoms with Gasteiger partial charge in [-0.25, -0.2) is 68.0 Å². The van der Waals surface area contributed by atoms with E-state index in [1.807, 2.05) is 72.9 Å². The van der Waals surface area contributed by atoms with Crippen molar-refractivity contribution in [1.29, 1.82) is 0 Å². The summed E-state index contributed by atoms with van der Waals surface area (Å²) in [7, 11) is 14.1. The topological polar surface area (TPSA) is 531 Å². The summed E-state index contributed by atoms with van der Waals surface area (Å²) in [5.41, 5.74) is 9.25. The Kier molecular flexibility index (Phi) is 46.2. The molecule has 48 heteroatoms. The number of likely N-dealkylation sites (N-methyl/N-ethyl adjacent to an activating group) is 6. The van der Waals surface area contributed by atoms with E-state index in [0.717, 1.165) is 90.0 Å². The number of nitrogens with two attached hydrogens (primary N) is 1. The van der Waals surface area contributed by atoms with Gasteiger partial charge in [-0.3, -0.25) is 39.6 Å². The number of amides is 5. The number of ether oxygens (including phenoxy) is 9. The van der Waals surface area contributed by atoms with Crippen LogP contribution in [-0.2, 0) is 33.3 Å². The zero-order valence-corrected chi connectivity index (χ0v) is 86.3. The number of para-hydroxylation sites is 2. The maximum absolute atomic E-state index is 15.2. The number of rotatable bonds is 36. The first-order valence-electron chi connectivity index (χ1n) is 46.8. The molecule has 2 atom stereocenters. The van der Waals surface area contributed by atoms with Crippen LogP contribution < -0.4 is 51.3 Å². The monoisotopic (exact) mass is 2050 g/mol. The number of nitrogen functional groups attached to an aromatic ring is 1. The number of aliphatic hydroxyl groups excluding tert-OH is 1. The lowest BCUT2D eigenvalue weighted by Crippen LogP contribution is -2.54. The highest BCUT2D eigenvalue weighted by Gasteiger charge is 2.33. The van der Waals surface area contributed by atoms with Gasteiger partial charge in [-0.2, -0.15) is 0 Å². The van der Waals surface area contributed by atoms with E-state index >= 15 is 8.78 Å². The van der Waals surface area contributed by atoms with E-state index in [1.54, 1.807) is 129 Å². The van der Waals surface area contributed by atoms with Crippen molar-refractivity contribution in [3.05, 3.63) is 190 Å². The van der Waals surface area contributed by atoms with E-state index in [1.165, 1.54) is 45.2 Å². The van der Waals surface area contributed by atoms with Gasteiger partial charge in [0.25, 0.3) is 11.4 Å². The number of aromatic amines is 2. The van der Waals surface area contributed by atoms with Crippen molar-refractivity contribution in [2.24, 2.45) is 0 Å². The molecule has 2 aliphatic rings. The number of H-pyrrole nitrogens is 2.